The van der Waals surface area contributed by atoms with Gasteiger partial charge in [-0.25, -0.2) is 0 Å². The van der Waals surface area contributed by atoms with Gasteiger partial charge >= 0.3 is 0 Å². The fourth-order valence-corrected chi connectivity index (χ4v) is 2.28. The van der Waals surface area contributed by atoms with E-state index in [1.807, 2.05) is 36.0 Å². The summed E-state index contributed by atoms with van der Waals surface area (Å²) in [5.41, 5.74) is 4.28. The van der Waals surface area contributed by atoms with Crippen molar-refractivity contribution in [1.82, 2.24) is 30.4 Å². The molecule has 21 heavy (non-hydrogen) atoms. The standard InChI is InChI=1S/C14H17N7/c1-3-13-11(9-21(2)18-13)8-15-12-6-4-5-10(7-12)14-16-19-20-17-14/h4-7,9,15H,3,8H2,1-2H3,(H,16,17,19,20). The van der Waals surface area contributed by atoms with Gasteiger partial charge in [0.1, 0.15) is 0 Å². The van der Waals surface area contributed by atoms with Crippen molar-refractivity contribution in [1.29, 1.82) is 0 Å². The molecule has 0 saturated carbocycles. The lowest BCUT2D eigenvalue weighted by atomic mass is 10.1. The summed E-state index contributed by atoms with van der Waals surface area (Å²) in [4.78, 5) is 0. The summed E-state index contributed by atoms with van der Waals surface area (Å²) in [6.45, 7) is 2.86. The van der Waals surface area contributed by atoms with Crippen molar-refractivity contribution in [2.75, 3.05) is 5.32 Å². The minimum Gasteiger partial charge on any atom is -0.381 e. The third-order valence-corrected chi connectivity index (χ3v) is 3.28. The Morgan fingerprint density at radius 3 is 3.00 bits per heavy atom. The van der Waals surface area contributed by atoms with E-state index < -0.39 is 0 Å². The summed E-state index contributed by atoms with van der Waals surface area (Å²) in [5, 5.41) is 21.9. The van der Waals surface area contributed by atoms with E-state index in [4.69, 9.17) is 0 Å². The highest BCUT2D eigenvalue weighted by molar-refractivity contribution is 5.61. The third-order valence-electron chi connectivity index (χ3n) is 3.28. The number of rotatable bonds is 5. The van der Waals surface area contributed by atoms with Crippen molar-refractivity contribution in [2.45, 2.75) is 19.9 Å². The Morgan fingerprint density at radius 2 is 2.24 bits per heavy atom. The average molecular weight is 283 g/mol. The van der Waals surface area contributed by atoms with Crippen LogP contribution in [-0.4, -0.2) is 30.4 Å². The number of hydrogen-bond acceptors (Lipinski definition) is 5. The maximum atomic E-state index is 4.44. The largest absolute Gasteiger partial charge is 0.381 e. The van der Waals surface area contributed by atoms with E-state index in [1.165, 1.54) is 5.56 Å². The molecule has 2 aromatic heterocycles. The lowest BCUT2D eigenvalue weighted by Crippen LogP contribution is -2.01. The first-order valence-electron chi connectivity index (χ1n) is 6.85. The van der Waals surface area contributed by atoms with Crippen LogP contribution in [0.1, 0.15) is 18.2 Å². The quantitative estimate of drug-likeness (QED) is 0.745. The van der Waals surface area contributed by atoms with Crippen LogP contribution in [0.5, 0.6) is 0 Å². The highest BCUT2D eigenvalue weighted by Crippen LogP contribution is 2.19. The number of aromatic amines is 1. The smallest absolute Gasteiger partial charge is 0.204 e. The third kappa shape index (κ3) is 2.91. The summed E-state index contributed by atoms with van der Waals surface area (Å²) in [7, 11) is 1.94. The van der Waals surface area contributed by atoms with E-state index in [0.29, 0.717) is 5.82 Å². The zero-order valence-electron chi connectivity index (χ0n) is 12.0. The predicted octanol–water partition coefficient (Wildman–Crippen LogP) is 1.77. The van der Waals surface area contributed by atoms with E-state index in [1.54, 1.807) is 0 Å². The molecular formula is C14H17N7. The fourth-order valence-electron chi connectivity index (χ4n) is 2.28. The van der Waals surface area contributed by atoms with Crippen LogP contribution < -0.4 is 5.32 Å². The van der Waals surface area contributed by atoms with Gasteiger partial charge in [-0.2, -0.15) is 10.3 Å². The zero-order valence-corrected chi connectivity index (χ0v) is 12.0. The van der Waals surface area contributed by atoms with E-state index in [-0.39, 0.29) is 0 Å². The molecule has 0 bridgehead atoms. The SMILES string of the molecule is CCc1nn(C)cc1CNc1cccc(-c2nn[nH]n2)c1. The molecule has 0 unspecified atom stereocenters. The van der Waals surface area contributed by atoms with Crippen LogP contribution in [-0.2, 0) is 20.0 Å². The van der Waals surface area contributed by atoms with Crippen LogP contribution in [0.3, 0.4) is 0 Å². The Kier molecular flexibility index (Phi) is 3.63. The first kappa shape index (κ1) is 13.3. The summed E-state index contributed by atoms with van der Waals surface area (Å²) < 4.78 is 1.85. The number of hydrogen-bond donors (Lipinski definition) is 2. The Balaban J connectivity index is 1.75. The molecule has 0 radical (unpaired) electrons. The second-order valence-corrected chi connectivity index (χ2v) is 4.80. The summed E-state index contributed by atoms with van der Waals surface area (Å²) in [6, 6.07) is 7.95. The van der Waals surface area contributed by atoms with Gasteiger partial charge in [0.05, 0.1) is 5.69 Å². The average Bonchev–Trinajstić information content (AvgIpc) is 3.14. The summed E-state index contributed by atoms with van der Waals surface area (Å²) in [5.74, 6) is 0.592. The second-order valence-electron chi connectivity index (χ2n) is 4.80. The van der Waals surface area contributed by atoms with Crippen LogP contribution in [0.25, 0.3) is 11.4 Å². The minimum absolute atomic E-state index is 0.592. The molecule has 0 aliphatic carbocycles. The molecule has 0 atom stereocenters. The molecule has 0 saturated heterocycles. The van der Waals surface area contributed by atoms with Crippen molar-refractivity contribution < 1.29 is 0 Å². The lowest BCUT2D eigenvalue weighted by Gasteiger charge is -2.07. The number of benzene rings is 1. The van der Waals surface area contributed by atoms with Crippen LogP contribution in [0.4, 0.5) is 5.69 Å². The normalized spacial score (nSPS) is 10.8. The van der Waals surface area contributed by atoms with Crippen LogP contribution >= 0.6 is 0 Å². The number of nitrogens with zero attached hydrogens (tertiary/aromatic N) is 5. The summed E-state index contributed by atoms with van der Waals surface area (Å²) >= 11 is 0. The van der Waals surface area contributed by atoms with Gasteiger partial charge in [0, 0.05) is 36.6 Å². The number of nitrogens with one attached hydrogen (secondary N) is 2. The predicted molar refractivity (Wildman–Crippen MR) is 79.5 cm³/mol. The number of H-pyrrole nitrogens is 1. The lowest BCUT2D eigenvalue weighted by molar-refractivity contribution is 0.746. The maximum absolute atomic E-state index is 4.44. The van der Waals surface area contributed by atoms with Gasteiger partial charge in [-0.3, -0.25) is 4.68 Å². The maximum Gasteiger partial charge on any atom is 0.204 e. The Labute approximate surface area is 122 Å². The van der Waals surface area contributed by atoms with E-state index in [9.17, 15) is 0 Å². The molecule has 0 aliphatic rings. The molecule has 1 aromatic carbocycles. The van der Waals surface area contributed by atoms with Crippen molar-refractivity contribution >= 4 is 5.69 Å². The van der Waals surface area contributed by atoms with Crippen LogP contribution in [0.15, 0.2) is 30.5 Å². The van der Waals surface area contributed by atoms with Gasteiger partial charge in [0.2, 0.25) is 5.82 Å². The monoisotopic (exact) mass is 283 g/mol. The highest BCUT2D eigenvalue weighted by Gasteiger charge is 2.07. The number of aromatic nitrogens is 6. The molecule has 0 aliphatic heterocycles. The zero-order chi connectivity index (χ0) is 14.7. The first-order chi connectivity index (χ1) is 10.3. The van der Waals surface area contributed by atoms with E-state index >= 15 is 0 Å². The molecule has 2 heterocycles. The van der Waals surface area contributed by atoms with Gasteiger partial charge in [0.15, 0.2) is 0 Å². The Morgan fingerprint density at radius 1 is 1.33 bits per heavy atom. The number of anilines is 1. The van der Waals surface area contributed by atoms with Crippen molar-refractivity contribution in [3.8, 4) is 11.4 Å². The number of aryl methyl sites for hydroxylation is 2. The van der Waals surface area contributed by atoms with E-state index in [0.717, 1.165) is 29.9 Å². The van der Waals surface area contributed by atoms with E-state index in [2.05, 4.69) is 44.2 Å². The molecular weight excluding hydrogens is 266 g/mol. The van der Waals surface area contributed by atoms with Gasteiger partial charge < -0.3 is 5.32 Å². The van der Waals surface area contributed by atoms with Crippen molar-refractivity contribution in [2.24, 2.45) is 7.05 Å². The van der Waals surface area contributed by atoms with Crippen LogP contribution in [0, 0.1) is 0 Å². The highest BCUT2D eigenvalue weighted by atomic mass is 15.5. The van der Waals surface area contributed by atoms with Crippen molar-refractivity contribution in [3.63, 3.8) is 0 Å². The van der Waals surface area contributed by atoms with Crippen LogP contribution in [0.2, 0.25) is 0 Å². The molecule has 0 spiro atoms. The van der Waals surface area contributed by atoms with Crippen molar-refractivity contribution in [3.05, 3.63) is 41.7 Å². The Bertz CT molecular complexity index is 715. The molecule has 7 heteroatoms. The Hall–Kier alpha value is -2.70. The number of tetrazole rings is 1. The molecule has 0 fully saturated rings. The van der Waals surface area contributed by atoms with Gasteiger partial charge in [-0.15, -0.1) is 10.2 Å². The topological polar surface area (TPSA) is 84.3 Å². The van der Waals surface area contributed by atoms with Gasteiger partial charge in [-0.1, -0.05) is 19.1 Å². The molecule has 108 valence electrons. The molecule has 3 rings (SSSR count). The molecule has 0 amide bonds. The minimum atomic E-state index is 0.592. The second kappa shape index (κ2) is 5.74. The molecule has 7 nitrogen and oxygen atoms in total. The summed E-state index contributed by atoms with van der Waals surface area (Å²) in [6.07, 6.45) is 2.98. The molecule has 2 N–H and O–H groups in total. The first-order valence-corrected chi connectivity index (χ1v) is 6.85. The van der Waals surface area contributed by atoms with Gasteiger partial charge in [0.25, 0.3) is 0 Å². The van der Waals surface area contributed by atoms with Gasteiger partial charge in [-0.05, 0) is 23.8 Å². The fraction of sp³-hybridized carbons (Fsp3) is 0.286. The molecule has 3 aromatic rings.